The first-order valence-corrected chi connectivity index (χ1v) is 10.9. The van der Waals surface area contributed by atoms with Crippen molar-refractivity contribution in [3.05, 3.63) is 33.9 Å². The Morgan fingerprint density at radius 1 is 1.27 bits per heavy atom. The Hall–Kier alpha value is -3.28. The molecule has 1 amide bonds. The zero-order valence-corrected chi connectivity index (χ0v) is 16.6. The van der Waals surface area contributed by atoms with Gasteiger partial charge >= 0.3 is 0 Å². The zero-order valence-electron chi connectivity index (χ0n) is 15.8. The SMILES string of the molecule is C=S1(=O)NC(=O)CN1c1c(O)cc(Nc2nc(O)c(C3CCCC3)c(=O)[nH]2)cc1F. The number of aromatic hydroxyl groups is 2. The van der Waals surface area contributed by atoms with E-state index in [-0.39, 0.29) is 23.1 Å². The van der Waals surface area contributed by atoms with Gasteiger partial charge in [0.1, 0.15) is 27.9 Å². The van der Waals surface area contributed by atoms with Gasteiger partial charge in [-0.3, -0.25) is 23.6 Å². The molecule has 12 heteroatoms. The predicted molar refractivity (Wildman–Crippen MR) is 110 cm³/mol. The van der Waals surface area contributed by atoms with E-state index in [9.17, 15) is 28.4 Å². The molecule has 4 rings (SSSR count). The molecule has 2 heterocycles. The summed E-state index contributed by atoms with van der Waals surface area (Å²) in [5, 5.41) is 23.1. The number of amides is 1. The Bertz CT molecular complexity index is 1170. The second kappa shape index (κ2) is 7.20. The van der Waals surface area contributed by atoms with Crippen molar-refractivity contribution in [2.75, 3.05) is 16.2 Å². The highest BCUT2D eigenvalue weighted by molar-refractivity contribution is 8.00. The van der Waals surface area contributed by atoms with Crippen LogP contribution >= 0.6 is 0 Å². The molecule has 1 aromatic heterocycles. The van der Waals surface area contributed by atoms with Gasteiger partial charge in [0.2, 0.25) is 11.8 Å². The molecule has 160 valence electrons. The summed E-state index contributed by atoms with van der Waals surface area (Å²) in [5.74, 6) is 0.595. The van der Waals surface area contributed by atoms with Gasteiger partial charge in [-0.2, -0.15) is 4.98 Å². The van der Waals surface area contributed by atoms with E-state index in [0.29, 0.717) is 0 Å². The fourth-order valence-electron chi connectivity index (χ4n) is 3.88. The number of H-pyrrole nitrogens is 1. The van der Waals surface area contributed by atoms with Gasteiger partial charge in [0.15, 0.2) is 5.82 Å². The van der Waals surface area contributed by atoms with E-state index in [1.54, 1.807) is 0 Å². The van der Waals surface area contributed by atoms with Crippen molar-refractivity contribution in [2.45, 2.75) is 31.6 Å². The average molecular weight is 437 g/mol. The number of nitrogens with zero attached hydrogens (tertiary/aromatic N) is 2. The number of hydrogen-bond acceptors (Lipinski definition) is 7. The smallest absolute Gasteiger partial charge is 0.259 e. The third kappa shape index (κ3) is 3.54. The fourth-order valence-corrected chi connectivity index (χ4v) is 5.21. The number of hydrogen-bond donors (Lipinski definition) is 5. The van der Waals surface area contributed by atoms with Crippen molar-refractivity contribution in [1.82, 2.24) is 14.7 Å². The quantitative estimate of drug-likeness (QED) is 0.452. The van der Waals surface area contributed by atoms with Gasteiger partial charge in [0.05, 0.1) is 5.56 Å². The highest BCUT2D eigenvalue weighted by Crippen LogP contribution is 2.38. The number of halogens is 1. The van der Waals surface area contributed by atoms with Gasteiger partial charge < -0.3 is 15.5 Å². The van der Waals surface area contributed by atoms with Crippen LogP contribution in [0.3, 0.4) is 0 Å². The molecule has 2 aromatic rings. The molecule has 1 aliphatic carbocycles. The Kier molecular flexibility index (Phi) is 4.80. The number of aromatic amines is 1. The Morgan fingerprint density at radius 2 is 1.97 bits per heavy atom. The lowest BCUT2D eigenvalue weighted by molar-refractivity contribution is -0.117. The molecule has 2 aliphatic rings. The highest BCUT2D eigenvalue weighted by Gasteiger charge is 2.33. The molecule has 10 nitrogen and oxygen atoms in total. The van der Waals surface area contributed by atoms with E-state index in [1.165, 1.54) is 0 Å². The third-order valence-corrected chi connectivity index (χ3v) is 6.74. The second-order valence-electron chi connectivity index (χ2n) is 7.29. The Morgan fingerprint density at radius 3 is 2.53 bits per heavy atom. The molecule has 1 unspecified atom stereocenters. The summed E-state index contributed by atoms with van der Waals surface area (Å²) in [4.78, 5) is 30.3. The van der Waals surface area contributed by atoms with Crippen LogP contribution in [0.15, 0.2) is 16.9 Å². The van der Waals surface area contributed by atoms with Crippen LogP contribution in [0, 0.1) is 5.82 Å². The predicted octanol–water partition coefficient (Wildman–Crippen LogP) is 1.20. The van der Waals surface area contributed by atoms with Gasteiger partial charge in [-0.05, 0) is 30.7 Å². The molecule has 1 aromatic carbocycles. The maximum Gasteiger partial charge on any atom is 0.259 e. The second-order valence-corrected chi connectivity index (χ2v) is 9.21. The van der Waals surface area contributed by atoms with E-state index < -0.39 is 51.0 Å². The molecule has 1 saturated carbocycles. The average Bonchev–Trinajstić information content (AvgIpc) is 3.21. The van der Waals surface area contributed by atoms with E-state index in [1.807, 2.05) is 0 Å². The van der Waals surface area contributed by atoms with Crippen molar-refractivity contribution < 1.29 is 23.6 Å². The van der Waals surface area contributed by atoms with Crippen LogP contribution in [0.4, 0.5) is 21.7 Å². The number of phenols is 1. The van der Waals surface area contributed by atoms with Crippen molar-refractivity contribution in [1.29, 1.82) is 0 Å². The van der Waals surface area contributed by atoms with Gasteiger partial charge in [-0.15, -0.1) is 0 Å². The third-order valence-electron chi connectivity index (χ3n) is 5.17. The number of carbonyl (C=O) groups is 1. The summed E-state index contributed by atoms with van der Waals surface area (Å²) < 4.78 is 30.0. The maximum atomic E-state index is 14.7. The van der Waals surface area contributed by atoms with Crippen molar-refractivity contribution >= 4 is 39.0 Å². The normalized spacial score (nSPS) is 21.8. The lowest BCUT2D eigenvalue weighted by Gasteiger charge is -2.21. The number of carbonyl (C=O) groups excluding carboxylic acids is 1. The van der Waals surface area contributed by atoms with Crippen LogP contribution in [-0.4, -0.2) is 42.7 Å². The van der Waals surface area contributed by atoms with Gasteiger partial charge in [-0.25, -0.2) is 8.60 Å². The highest BCUT2D eigenvalue weighted by atomic mass is 32.2. The number of benzene rings is 1. The largest absolute Gasteiger partial charge is 0.506 e. The molecule has 0 radical (unpaired) electrons. The monoisotopic (exact) mass is 437 g/mol. The number of phenolic OH excluding ortho intramolecular Hbond substituents is 1. The van der Waals surface area contributed by atoms with Crippen LogP contribution in [0.5, 0.6) is 11.6 Å². The minimum atomic E-state index is -3.31. The molecule has 0 bridgehead atoms. The van der Waals surface area contributed by atoms with Crippen molar-refractivity contribution in [2.24, 2.45) is 0 Å². The number of anilines is 3. The summed E-state index contributed by atoms with van der Waals surface area (Å²) in [5.41, 5.74) is -0.686. The van der Waals surface area contributed by atoms with E-state index in [4.69, 9.17) is 0 Å². The first-order chi connectivity index (χ1) is 14.2. The Balaban J connectivity index is 1.63. The molecule has 1 aliphatic heterocycles. The molecule has 1 atom stereocenters. The van der Waals surface area contributed by atoms with Crippen molar-refractivity contribution in [3.8, 4) is 11.6 Å². The van der Waals surface area contributed by atoms with Crippen LogP contribution < -0.4 is 19.9 Å². The van der Waals surface area contributed by atoms with Crippen LogP contribution in [0.25, 0.3) is 0 Å². The summed E-state index contributed by atoms with van der Waals surface area (Å²) in [7, 11) is -3.31. The van der Waals surface area contributed by atoms with E-state index in [2.05, 4.69) is 25.9 Å². The summed E-state index contributed by atoms with van der Waals surface area (Å²) in [6.07, 6.45) is 3.56. The van der Waals surface area contributed by atoms with Crippen LogP contribution in [0.2, 0.25) is 0 Å². The van der Waals surface area contributed by atoms with Crippen LogP contribution in [0.1, 0.15) is 37.2 Å². The van der Waals surface area contributed by atoms with E-state index in [0.717, 1.165) is 42.1 Å². The number of aromatic nitrogens is 2. The molecule has 5 N–H and O–H groups in total. The zero-order chi connectivity index (χ0) is 21.6. The molecular formula is C18H20FN5O5S. The van der Waals surface area contributed by atoms with E-state index >= 15 is 0 Å². The molecule has 0 spiro atoms. The first-order valence-electron chi connectivity index (χ1n) is 9.24. The topological polar surface area (TPSA) is 148 Å². The Labute approximate surface area is 171 Å². The summed E-state index contributed by atoms with van der Waals surface area (Å²) in [6, 6.07) is 2.08. The lowest BCUT2D eigenvalue weighted by atomic mass is 10.0. The van der Waals surface area contributed by atoms with Gasteiger partial charge in [-0.1, -0.05) is 12.8 Å². The standard InChI is InChI=1S/C18H20FN5O5S/c1-30(29)23-13(26)8-24(30)15-11(19)6-10(7-12(15)25)20-18-21-16(27)14(17(28)22-18)9-4-2-3-5-9/h6-7,9,25H,1-5,8H2,(H,23,26,29)(H3,20,21,22,27,28). The minimum absolute atomic E-state index is 0.0129. The minimum Gasteiger partial charge on any atom is -0.506 e. The summed E-state index contributed by atoms with van der Waals surface area (Å²) in [6.45, 7) is -0.426. The molecule has 30 heavy (non-hydrogen) atoms. The molecule has 2 fully saturated rings. The number of nitrogens with one attached hydrogen (secondary N) is 3. The summed E-state index contributed by atoms with van der Waals surface area (Å²) >= 11 is 0. The lowest BCUT2D eigenvalue weighted by Crippen LogP contribution is -2.30. The van der Waals surface area contributed by atoms with Crippen molar-refractivity contribution in [3.63, 3.8) is 0 Å². The van der Waals surface area contributed by atoms with Crippen LogP contribution in [-0.2, 0) is 14.7 Å². The van der Waals surface area contributed by atoms with Gasteiger partial charge in [0.25, 0.3) is 11.5 Å². The fraction of sp³-hybridized carbons (Fsp3) is 0.333. The van der Waals surface area contributed by atoms with Gasteiger partial charge in [0, 0.05) is 11.8 Å². The molecular weight excluding hydrogens is 417 g/mol. The maximum absolute atomic E-state index is 14.7. The number of rotatable bonds is 4. The molecule has 1 saturated heterocycles. The first kappa shape index (κ1) is 20.0.